The van der Waals surface area contributed by atoms with E-state index < -0.39 is 54.3 Å². The predicted molar refractivity (Wildman–Crippen MR) is 129 cm³/mol. The first-order chi connectivity index (χ1) is 18.2. The third-order valence-electron chi connectivity index (χ3n) is 6.18. The third kappa shape index (κ3) is 4.28. The fraction of sp³-hybridized carbons (Fsp3) is 0.308. The number of amides is 2. The molecule has 0 radical (unpaired) electrons. The van der Waals surface area contributed by atoms with Gasteiger partial charge in [0.25, 0.3) is 11.8 Å². The molecule has 2 amide bonds. The number of rotatable bonds is 6. The van der Waals surface area contributed by atoms with Crippen LogP contribution >= 0.6 is 0 Å². The first-order valence-electron chi connectivity index (χ1n) is 11.8. The van der Waals surface area contributed by atoms with Gasteiger partial charge in [-0.15, -0.1) is 0 Å². The summed E-state index contributed by atoms with van der Waals surface area (Å²) in [5, 5.41) is 5.03. The Labute approximate surface area is 216 Å². The van der Waals surface area contributed by atoms with Crippen LogP contribution in [0.1, 0.15) is 47.7 Å². The van der Waals surface area contributed by atoms with Gasteiger partial charge in [0.05, 0.1) is 16.6 Å². The highest BCUT2D eigenvalue weighted by atomic mass is 16.7. The fourth-order valence-electron chi connectivity index (χ4n) is 4.70. The van der Waals surface area contributed by atoms with Crippen LogP contribution in [0.3, 0.4) is 0 Å². The fourth-order valence-corrected chi connectivity index (χ4v) is 4.70. The van der Waals surface area contributed by atoms with Crippen molar-refractivity contribution in [2.24, 2.45) is 0 Å². The lowest BCUT2D eigenvalue weighted by Crippen LogP contribution is -2.40. The number of anilines is 1. The molecule has 0 aliphatic carbocycles. The van der Waals surface area contributed by atoms with E-state index in [9.17, 15) is 24.0 Å². The van der Waals surface area contributed by atoms with E-state index in [1.54, 1.807) is 48.5 Å². The van der Waals surface area contributed by atoms with Crippen LogP contribution in [-0.2, 0) is 33.3 Å². The molecule has 2 aromatic carbocycles. The summed E-state index contributed by atoms with van der Waals surface area (Å²) in [5.41, 5.74) is 0.959. The number of imide groups is 1. The quantitative estimate of drug-likeness (QED) is 0.269. The van der Waals surface area contributed by atoms with Crippen molar-refractivity contribution in [1.29, 1.82) is 0 Å². The van der Waals surface area contributed by atoms with Gasteiger partial charge < -0.3 is 18.9 Å². The minimum Gasteiger partial charge on any atom is -0.463 e. The Morgan fingerprint density at radius 1 is 0.842 bits per heavy atom. The summed E-state index contributed by atoms with van der Waals surface area (Å²) in [5.74, 6) is -2.93. The zero-order chi connectivity index (χ0) is 27.1. The van der Waals surface area contributed by atoms with Crippen molar-refractivity contribution in [3.8, 4) is 0 Å². The highest BCUT2D eigenvalue weighted by Gasteiger charge is 2.52. The van der Waals surface area contributed by atoms with Crippen LogP contribution in [0, 0.1) is 0 Å². The number of aromatic nitrogens is 2. The summed E-state index contributed by atoms with van der Waals surface area (Å²) < 4.78 is 23.5. The first kappa shape index (κ1) is 25.1. The second-order valence-corrected chi connectivity index (χ2v) is 8.79. The second kappa shape index (κ2) is 9.71. The van der Waals surface area contributed by atoms with E-state index in [-0.39, 0.29) is 23.6 Å². The molecule has 4 atom stereocenters. The molecule has 12 nitrogen and oxygen atoms in total. The number of fused-ring (bicyclic) bond motifs is 2. The molecule has 12 heteroatoms. The predicted octanol–water partition coefficient (Wildman–Crippen LogP) is 2.16. The van der Waals surface area contributed by atoms with Crippen molar-refractivity contribution in [1.82, 2.24) is 9.78 Å². The Balaban J connectivity index is 1.61. The minimum absolute atomic E-state index is 0.0597. The lowest BCUT2D eigenvalue weighted by molar-refractivity contribution is -0.166. The van der Waals surface area contributed by atoms with E-state index in [0.717, 1.165) is 4.90 Å². The molecular weight excluding hydrogens is 498 g/mol. The van der Waals surface area contributed by atoms with Gasteiger partial charge in [-0.25, -0.2) is 9.58 Å². The van der Waals surface area contributed by atoms with E-state index in [1.807, 2.05) is 0 Å². The van der Waals surface area contributed by atoms with Gasteiger partial charge in [-0.2, -0.15) is 5.10 Å². The lowest BCUT2D eigenvalue weighted by Gasteiger charge is -2.23. The highest BCUT2D eigenvalue weighted by Crippen LogP contribution is 2.39. The summed E-state index contributed by atoms with van der Waals surface area (Å²) in [7, 11) is 0. The first-order valence-corrected chi connectivity index (χ1v) is 11.8. The van der Waals surface area contributed by atoms with Gasteiger partial charge in [-0.3, -0.25) is 24.0 Å². The number of hydrogen-bond acceptors (Lipinski definition) is 10. The van der Waals surface area contributed by atoms with Gasteiger partial charge in [0.2, 0.25) is 0 Å². The van der Waals surface area contributed by atoms with Crippen molar-refractivity contribution in [2.75, 3.05) is 11.5 Å². The largest absolute Gasteiger partial charge is 0.463 e. The van der Waals surface area contributed by atoms with E-state index in [2.05, 4.69) is 5.10 Å². The topological polar surface area (TPSA) is 143 Å². The van der Waals surface area contributed by atoms with Crippen LogP contribution in [-0.4, -0.2) is 64.4 Å². The molecule has 2 aliphatic heterocycles. The monoisotopic (exact) mass is 521 g/mol. The molecule has 3 aromatic rings. The molecule has 0 spiro atoms. The van der Waals surface area contributed by atoms with Crippen LogP contribution in [0.25, 0.3) is 10.9 Å². The van der Waals surface area contributed by atoms with Crippen LogP contribution in [0.4, 0.5) is 5.82 Å². The summed E-state index contributed by atoms with van der Waals surface area (Å²) in [6, 6.07) is 13.3. The number of ether oxygens (including phenoxy) is 4. The molecule has 1 fully saturated rings. The number of nitrogens with zero attached hydrogens (tertiary/aromatic N) is 3. The highest BCUT2D eigenvalue weighted by molar-refractivity contribution is 6.35. The molecule has 0 saturated carbocycles. The maximum absolute atomic E-state index is 13.2. The molecule has 0 bridgehead atoms. The molecule has 38 heavy (non-hydrogen) atoms. The van der Waals surface area contributed by atoms with Gasteiger partial charge in [0, 0.05) is 26.2 Å². The SMILES string of the molecule is CC(=O)OC[C@@H]1O[C@H](n2nc(N3C(=O)c4ccccc4C3=O)c3ccccc32)[C@H](OC(C)=O)[C@H]1OC(C)=O. The summed E-state index contributed by atoms with van der Waals surface area (Å²) in [4.78, 5) is 62.8. The van der Waals surface area contributed by atoms with Crippen LogP contribution < -0.4 is 4.90 Å². The molecule has 3 heterocycles. The van der Waals surface area contributed by atoms with E-state index >= 15 is 0 Å². The van der Waals surface area contributed by atoms with Crippen molar-refractivity contribution >= 4 is 46.4 Å². The summed E-state index contributed by atoms with van der Waals surface area (Å²) >= 11 is 0. The average molecular weight is 521 g/mol. The Hall–Kier alpha value is -4.58. The Bertz CT molecular complexity index is 1440. The number of hydrogen-bond donors (Lipinski definition) is 0. The van der Waals surface area contributed by atoms with Crippen LogP contribution in [0.2, 0.25) is 0 Å². The molecule has 1 aromatic heterocycles. The van der Waals surface area contributed by atoms with Crippen LogP contribution in [0.15, 0.2) is 48.5 Å². The molecule has 196 valence electrons. The van der Waals surface area contributed by atoms with Crippen molar-refractivity contribution in [2.45, 2.75) is 45.3 Å². The molecule has 0 N–H and O–H groups in total. The Morgan fingerprint density at radius 2 is 1.42 bits per heavy atom. The Kier molecular flexibility index (Phi) is 6.41. The molecular formula is C26H23N3O9. The molecule has 0 unspecified atom stereocenters. The normalized spacial score (nSPS) is 22.4. The number of benzene rings is 2. The maximum Gasteiger partial charge on any atom is 0.303 e. The van der Waals surface area contributed by atoms with Crippen molar-refractivity contribution < 1.29 is 42.9 Å². The summed E-state index contributed by atoms with van der Waals surface area (Å²) in [6.07, 6.45) is -4.47. The van der Waals surface area contributed by atoms with Gasteiger partial charge in [0.15, 0.2) is 24.3 Å². The van der Waals surface area contributed by atoms with Gasteiger partial charge in [0.1, 0.15) is 12.7 Å². The van der Waals surface area contributed by atoms with Crippen LogP contribution in [0.5, 0.6) is 0 Å². The minimum atomic E-state index is -1.18. The van der Waals surface area contributed by atoms with Crippen molar-refractivity contribution in [3.63, 3.8) is 0 Å². The van der Waals surface area contributed by atoms with E-state index in [0.29, 0.717) is 10.9 Å². The zero-order valence-electron chi connectivity index (χ0n) is 20.7. The number of esters is 3. The average Bonchev–Trinajstić information content (AvgIpc) is 3.48. The zero-order valence-corrected chi connectivity index (χ0v) is 20.7. The maximum atomic E-state index is 13.2. The number of carbonyl (C=O) groups excluding carboxylic acids is 5. The van der Waals surface area contributed by atoms with Crippen molar-refractivity contribution in [3.05, 3.63) is 59.7 Å². The van der Waals surface area contributed by atoms with E-state index in [4.69, 9.17) is 18.9 Å². The Morgan fingerprint density at radius 3 is 2.03 bits per heavy atom. The molecule has 2 aliphatic rings. The number of para-hydroxylation sites is 1. The van der Waals surface area contributed by atoms with E-state index in [1.165, 1.54) is 25.5 Å². The third-order valence-corrected chi connectivity index (χ3v) is 6.18. The van der Waals surface area contributed by atoms with Gasteiger partial charge >= 0.3 is 17.9 Å². The molecule has 1 saturated heterocycles. The second-order valence-electron chi connectivity index (χ2n) is 8.79. The van der Waals surface area contributed by atoms with Gasteiger partial charge in [-0.05, 0) is 24.3 Å². The smallest absolute Gasteiger partial charge is 0.303 e. The number of carbonyl (C=O) groups is 5. The van der Waals surface area contributed by atoms with Gasteiger partial charge in [-0.1, -0.05) is 24.3 Å². The standard InChI is InChI=1S/C26H23N3O9/c1-13(30)35-12-20-21(36-14(2)31)22(37-15(3)32)26(38-20)29-19-11-7-6-10-18(19)23(27-29)28-24(33)16-8-4-5-9-17(16)25(28)34/h4-11,20-22,26H,12H2,1-3H3/t20-,21-,22+,26-/m0/s1. The lowest BCUT2D eigenvalue weighted by atomic mass is 10.1. The summed E-state index contributed by atoms with van der Waals surface area (Å²) in [6.45, 7) is 3.30. The molecule has 5 rings (SSSR count).